The van der Waals surface area contributed by atoms with Crippen molar-refractivity contribution in [2.75, 3.05) is 49.7 Å². The van der Waals surface area contributed by atoms with Crippen molar-refractivity contribution in [3.05, 3.63) is 18.2 Å². The van der Waals surface area contributed by atoms with Crippen LogP contribution in [0.3, 0.4) is 0 Å². The first kappa shape index (κ1) is 14.7. The van der Waals surface area contributed by atoms with E-state index in [9.17, 15) is 0 Å². The van der Waals surface area contributed by atoms with Crippen LogP contribution >= 0.6 is 0 Å². The Balaban J connectivity index is 2.54. The molecule has 0 fully saturated rings. The summed E-state index contributed by atoms with van der Waals surface area (Å²) in [5, 5.41) is 11.8. The van der Waals surface area contributed by atoms with Gasteiger partial charge in [-0.3, -0.25) is 0 Å². The highest BCUT2D eigenvalue weighted by Gasteiger charge is 2.06. The lowest BCUT2D eigenvalue weighted by molar-refractivity contribution is 0.0967. The zero-order chi connectivity index (χ0) is 13.2. The molecule has 0 spiro atoms. The molecule has 0 aliphatic rings. The zero-order valence-electron chi connectivity index (χ0n) is 11.2. The van der Waals surface area contributed by atoms with Crippen molar-refractivity contribution in [2.45, 2.75) is 13.8 Å². The minimum absolute atomic E-state index is 0.0697. The lowest BCUT2D eigenvalue weighted by Gasteiger charge is -2.22. The molecule has 1 aromatic rings. The summed E-state index contributed by atoms with van der Waals surface area (Å²) in [6.07, 6.45) is 0. The number of anilines is 2. The van der Waals surface area contributed by atoms with Crippen LogP contribution in [0.5, 0.6) is 0 Å². The van der Waals surface area contributed by atoms with Gasteiger partial charge in [0, 0.05) is 19.6 Å². The second kappa shape index (κ2) is 8.72. The molecule has 0 unspecified atom stereocenters. The van der Waals surface area contributed by atoms with Crippen LogP contribution in [0, 0.1) is 0 Å². The van der Waals surface area contributed by atoms with Crippen LogP contribution in [-0.4, -0.2) is 49.5 Å². The SMILES string of the molecule is CCNc1cccc(N(CC)CCOCCO)n1. The molecule has 0 saturated heterocycles. The number of aromatic nitrogens is 1. The zero-order valence-corrected chi connectivity index (χ0v) is 11.2. The van der Waals surface area contributed by atoms with Crippen molar-refractivity contribution >= 4 is 11.6 Å². The number of ether oxygens (including phenoxy) is 1. The number of aliphatic hydroxyl groups excluding tert-OH is 1. The third-order valence-electron chi connectivity index (χ3n) is 2.54. The van der Waals surface area contributed by atoms with Gasteiger partial charge in [-0.05, 0) is 26.0 Å². The van der Waals surface area contributed by atoms with E-state index in [-0.39, 0.29) is 6.61 Å². The fraction of sp³-hybridized carbons (Fsp3) is 0.615. The Morgan fingerprint density at radius 1 is 1.33 bits per heavy atom. The van der Waals surface area contributed by atoms with Gasteiger partial charge in [-0.15, -0.1) is 0 Å². The van der Waals surface area contributed by atoms with Gasteiger partial charge in [0.05, 0.1) is 19.8 Å². The smallest absolute Gasteiger partial charge is 0.131 e. The molecular weight excluding hydrogens is 230 g/mol. The van der Waals surface area contributed by atoms with Gasteiger partial charge in [-0.1, -0.05) is 6.07 Å². The maximum absolute atomic E-state index is 8.64. The van der Waals surface area contributed by atoms with Crippen molar-refractivity contribution in [3.63, 3.8) is 0 Å². The molecule has 5 nitrogen and oxygen atoms in total. The van der Waals surface area contributed by atoms with Crippen LogP contribution < -0.4 is 10.2 Å². The number of rotatable bonds is 9. The second-order valence-corrected chi connectivity index (χ2v) is 3.83. The number of likely N-dealkylation sites (N-methyl/N-ethyl adjacent to an activating group) is 1. The number of hydrogen-bond donors (Lipinski definition) is 2. The van der Waals surface area contributed by atoms with Crippen LogP contribution in [0.1, 0.15) is 13.8 Å². The van der Waals surface area contributed by atoms with Crippen LogP contribution in [0.4, 0.5) is 11.6 Å². The first-order valence-corrected chi connectivity index (χ1v) is 6.46. The summed E-state index contributed by atoms with van der Waals surface area (Å²) in [6.45, 7) is 7.72. The Morgan fingerprint density at radius 3 is 2.83 bits per heavy atom. The van der Waals surface area contributed by atoms with E-state index < -0.39 is 0 Å². The third kappa shape index (κ3) is 4.89. The minimum Gasteiger partial charge on any atom is -0.394 e. The Kier molecular flexibility index (Phi) is 7.13. The summed E-state index contributed by atoms with van der Waals surface area (Å²) < 4.78 is 5.28. The van der Waals surface area contributed by atoms with Gasteiger partial charge in [0.15, 0.2) is 0 Å². The standard InChI is InChI=1S/C13H23N3O2/c1-3-14-12-6-5-7-13(15-12)16(4-2)8-10-18-11-9-17/h5-7,17H,3-4,8-11H2,1-2H3,(H,14,15). The summed E-state index contributed by atoms with van der Waals surface area (Å²) in [4.78, 5) is 6.69. The van der Waals surface area contributed by atoms with E-state index in [0.29, 0.717) is 13.2 Å². The lowest BCUT2D eigenvalue weighted by Crippen LogP contribution is -2.28. The molecule has 18 heavy (non-hydrogen) atoms. The van der Waals surface area contributed by atoms with E-state index >= 15 is 0 Å². The first-order chi connectivity index (χ1) is 8.81. The van der Waals surface area contributed by atoms with Gasteiger partial charge in [0.1, 0.15) is 11.6 Å². The predicted octanol–water partition coefficient (Wildman–Crippen LogP) is 1.35. The largest absolute Gasteiger partial charge is 0.394 e. The van der Waals surface area contributed by atoms with Gasteiger partial charge < -0.3 is 20.1 Å². The van der Waals surface area contributed by atoms with Crippen molar-refractivity contribution in [3.8, 4) is 0 Å². The highest BCUT2D eigenvalue weighted by Crippen LogP contribution is 2.13. The van der Waals surface area contributed by atoms with Gasteiger partial charge in [0.2, 0.25) is 0 Å². The summed E-state index contributed by atoms with van der Waals surface area (Å²) in [6, 6.07) is 5.96. The molecule has 1 heterocycles. The molecule has 0 saturated carbocycles. The van der Waals surface area contributed by atoms with Crippen LogP contribution in [0.15, 0.2) is 18.2 Å². The van der Waals surface area contributed by atoms with Gasteiger partial charge >= 0.3 is 0 Å². The molecule has 0 aliphatic heterocycles. The maximum Gasteiger partial charge on any atom is 0.131 e. The monoisotopic (exact) mass is 253 g/mol. The Labute approximate surface area is 109 Å². The molecule has 0 radical (unpaired) electrons. The third-order valence-corrected chi connectivity index (χ3v) is 2.54. The second-order valence-electron chi connectivity index (χ2n) is 3.83. The molecule has 0 aliphatic carbocycles. The van der Waals surface area contributed by atoms with E-state index in [1.165, 1.54) is 0 Å². The summed E-state index contributed by atoms with van der Waals surface area (Å²) in [5.74, 6) is 1.84. The number of nitrogens with zero attached hydrogens (tertiary/aromatic N) is 2. The van der Waals surface area contributed by atoms with E-state index in [0.717, 1.165) is 31.3 Å². The Morgan fingerprint density at radius 2 is 2.17 bits per heavy atom. The van der Waals surface area contributed by atoms with Gasteiger partial charge in [-0.2, -0.15) is 0 Å². The van der Waals surface area contributed by atoms with E-state index in [4.69, 9.17) is 9.84 Å². The maximum atomic E-state index is 8.64. The summed E-state index contributed by atoms with van der Waals surface area (Å²) >= 11 is 0. The van der Waals surface area contributed by atoms with Crippen molar-refractivity contribution < 1.29 is 9.84 Å². The van der Waals surface area contributed by atoms with Crippen LogP contribution in [0.25, 0.3) is 0 Å². The van der Waals surface area contributed by atoms with Crippen LogP contribution in [0.2, 0.25) is 0 Å². The molecule has 0 atom stereocenters. The molecule has 1 aromatic heterocycles. The molecule has 1 rings (SSSR count). The first-order valence-electron chi connectivity index (χ1n) is 6.46. The fourth-order valence-corrected chi connectivity index (χ4v) is 1.65. The minimum atomic E-state index is 0.0697. The van der Waals surface area contributed by atoms with Crippen molar-refractivity contribution in [2.24, 2.45) is 0 Å². The van der Waals surface area contributed by atoms with Crippen molar-refractivity contribution in [1.82, 2.24) is 4.98 Å². The van der Waals surface area contributed by atoms with E-state index in [1.54, 1.807) is 0 Å². The molecule has 2 N–H and O–H groups in total. The molecule has 0 bridgehead atoms. The van der Waals surface area contributed by atoms with Gasteiger partial charge in [-0.25, -0.2) is 4.98 Å². The summed E-state index contributed by atoms with van der Waals surface area (Å²) in [5.41, 5.74) is 0. The lowest BCUT2D eigenvalue weighted by atomic mass is 10.4. The fourth-order valence-electron chi connectivity index (χ4n) is 1.65. The average Bonchev–Trinajstić information content (AvgIpc) is 2.40. The quantitative estimate of drug-likeness (QED) is 0.651. The number of pyridine rings is 1. The highest BCUT2D eigenvalue weighted by atomic mass is 16.5. The molecule has 0 aromatic carbocycles. The van der Waals surface area contributed by atoms with Crippen molar-refractivity contribution in [1.29, 1.82) is 0 Å². The summed E-state index contributed by atoms with van der Waals surface area (Å²) in [7, 11) is 0. The number of hydrogen-bond acceptors (Lipinski definition) is 5. The highest BCUT2D eigenvalue weighted by molar-refractivity contribution is 5.46. The molecule has 0 amide bonds. The molecule has 102 valence electrons. The van der Waals surface area contributed by atoms with Crippen LogP contribution in [-0.2, 0) is 4.74 Å². The number of nitrogens with one attached hydrogen (secondary N) is 1. The van der Waals surface area contributed by atoms with E-state index in [1.807, 2.05) is 18.2 Å². The molecular formula is C13H23N3O2. The molecule has 5 heteroatoms. The van der Waals surface area contributed by atoms with E-state index in [2.05, 4.69) is 29.0 Å². The number of aliphatic hydroxyl groups is 1. The average molecular weight is 253 g/mol. The predicted molar refractivity (Wildman–Crippen MR) is 74.2 cm³/mol. The van der Waals surface area contributed by atoms with Gasteiger partial charge in [0.25, 0.3) is 0 Å². The Bertz CT molecular complexity index is 334. The Hall–Kier alpha value is -1.33. The normalized spacial score (nSPS) is 10.4. The topological polar surface area (TPSA) is 57.6 Å².